The molecule has 0 bridgehead atoms. The Morgan fingerprint density at radius 1 is 1.22 bits per heavy atom. The third-order valence-electron chi connectivity index (χ3n) is 4.49. The topological polar surface area (TPSA) is 95.6 Å². The molecule has 0 atom stereocenters. The highest BCUT2D eigenvalue weighted by Gasteiger charge is 2.25. The van der Waals surface area contributed by atoms with Crippen LogP contribution in [-0.2, 0) is 11.2 Å². The summed E-state index contributed by atoms with van der Waals surface area (Å²) >= 11 is 0. The lowest BCUT2D eigenvalue weighted by Gasteiger charge is -2.32. The molecule has 1 aromatic carbocycles. The molecule has 2 amide bonds. The number of amides is 2. The molecule has 1 N–H and O–H groups in total. The molecule has 2 aromatic rings. The zero-order valence-electron chi connectivity index (χ0n) is 14.9. The molecule has 2 heterocycles. The Hall–Kier alpha value is -3.27. The van der Waals surface area contributed by atoms with E-state index >= 15 is 0 Å². The van der Waals surface area contributed by atoms with Gasteiger partial charge in [0.1, 0.15) is 12.0 Å². The zero-order valence-corrected chi connectivity index (χ0v) is 14.9. The van der Waals surface area contributed by atoms with Gasteiger partial charge in [0.05, 0.1) is 24.3 Å². The van der Waals surface area contributed by atoms with E-state index in [2.05, 4.69) is 11.4 Å². The summed E-state index contributed by atoms with van der Waals surface area (Å²) in [4.78, 5) is 26.1. The fourth-order valence-corrected chi connectivity index (χ4v) is 3.01. The van der Waals surface area contributed by atoms with Gasteiger partial charge < -0.3 is 19.4 Å². The zero-order chi connectivity index (χ0) is 19.1. The monoisotopic (exact) mass is 367 g/mol. The maximum Gasteiger partial charge on any atom is 0.258 e. The van der Waals surface area contributed by atoms with Crippen molar-refractivity contribution in [3.05, 3.63) is 54.0 Å². The van der Waals surface area contributed by atoms with E-state index < -0.39 is 0 Å². The molecule has 1 aliphatic rings. The van der Waals surface area contributed by atoms with Crippen molar-refractivity contribution in [1.82, 2.24) is 10.2 Å². The number of nitrogens with one attached hydrogen (secondary N) is 1. The van der Waals surface area contributed by atoms with Crippen LogP contribution in [0.4, 0.5) is 0 Å². The molecule has 0 aliphatic carbocycles. The van der Waals surface area contributed by atoms with E-state index in [-0.39, 0.29) is 24.5 Å². The average Bonchev–Trinajstić information content (AvgIpc) is 3.23. The van der Waals surface area contributed by atoms with Crippen LogP contribution in [0, 0.1) is 11.3 Å². The molecule has 0 saturated carbocycles. The summed E-state index contributed by atoms with van der Waals surface area (Å²) in [5.74, 6) is 0.361. The molecule has 0 spiro atoms. The first kappa shape index (κ1) is 18.5. The summed E-state index contributed by atoms with van der Waals surface area (Å²) in [5.41, 5.74) is 1.46. The summed E-state index contributed by atoms with van der Waals surface area (Å²) in [6, 6.07) is 10.9. The highest BCUT2D eigenvalue weighted by molar-refractivity contribution is 5.93. The van der Waals surface area contributed by atoms with Crippen molar-refractivity contribution in [3.8, 4) is 11.8 Å². The van der Waals surface area contributed by atoms with E-state index in [4.69, 9.17) is 14.4 Å². The number of piperidine rings is 1. The van der Waals surface area contributed by atoms with Gasteiger partial charge in [-0.3, -0.25) is 9.59 Å². The van der Waals surface area contributed by atoms with Crippen LogP contribution in [-0.4, -0.2) is 42.5 Å². The third kappa shape index (κ3) is 5.11. The molecule has 27 heavy (non-hydrogen) atoms. The second kappa shape index (κ2) is 8.90. The molecule has 1 saturated heterocycles. The van der Waals surface area contributed by atoms with Gasteiger partial charge >= 0.3 is 0 Å². The van der Waals surface area contributed by atoms with Crippen molar-refractivity contribution >= 4 is 11.8 Å². The number of benzene rings is 1. The number of ether oxygens (including phenoxy) is 1. The first-order valence-electron chi connectivity index (χ1n) is 8.85. The predicted molar refractivity (Wildman–Crippen MR) is 97.0 cm³/mol. The lowest BCUT2D eigenvalue weighted by molar-refractivity contribution is -0.124. The minimum absolute atomic E-state index is 0.0347. The maximum atomic E-state index is 12.3. The van der Waals surface area contributed by atoms with Gasteiger partial charge in [-0.15, -0.1) is 0 Å². The van der Waals surface area contributed by atoms with Crippen LogP contribution < -0.4 is 10.1 Å². The molecule has 3 rings (SSSR count). The number of hydrogen-bond donors (Lipinski definition) is 1. The van der Waals surface area contributed by atoms with Crippen molar-refractivity contribution in [1.29, 1.82) is 5.26 Å². The summed E-state index contributed by atoms with van der Waals surface area (Å²) < 4.78 is 10.4. The molecule has 1 fully saturated rings. The van der Waals surface area contributed by atoms with Gasteiger partial charge in [-0.1, -0.05) is 12.1 Å². The van der Waals surface area contributed by atoms with Gasteiger partial charge in [-0.2, -0.15) is 5.26 Å². The van der Waals surface area contributed by atoms with Gasteiger partial charge in [0.15, 0.2) is 6.61 Å². The number of carbonyl (C=O) groups is 2. The molecule has 7 nitrogen and oxygen atoms in total. The van der Waals surface area contributed by atoms with Crippen molar-refractivity contribution in [2.75, 3.05) is 19.7 Å². The third-order valence-corrected chi connectivity index (χ3v) is 4.49. The highest BCUT2D eigenvalue weighted by Crippen LogP contribution is 2.15. The average molecular weight is 367 g/mol. The fourth-order valence-electron chi connectivity index (χ4n) is 3.01. The molecule has 7 heteroatoms. The van der Waals surface area contributed by atoms with Crippen LogP contribution in [0.25, 0.3) is 0 Å². The Labute approximate surface area is 157 Å². The number of likely N-dealkylation sites (tertiary alicyclic amines) is 1. The lowest BCUT2D eigenvalue weighted by Crippen LogP contribution is -2.47. The molecule has 1 aliphatic heterocycles. The minimum Gasteiger partial charge on any atom is -0.484 e. The standard InChI is InChI=1S/C20H21N3O4/c21-9-5-15-1-3-18(4-2-15)27-14-19(24)22-17-6-10-23(11-7-17)20(25)16-8-12-26-13-16/h1-4,8,12-13,17H,5-7,10-11,14H2,(H,22,24). The second-order valence-corrected chi connectivity index (χ2v) is 6.41. The van der Waals surface area contributed by atoms with Crippen LogP contribution >= 0.6 is 0 Å². The SMILES string of the molecule is N#CCc1ccc(OCC(=O)NC2CCN(C(=O)c3ccoc3)CC2)cc1. The van der Waals surface area contributed by atoms with Crippen LogP contribution in [0.2, 0.25) is 0 Å². The summed E-state index contributed by atoms with van der Waals surface area (Å²) in [5, 5.41) is 11.6. The summed E-state index contributed by atoms with van der Waals surface area (Å²) in [6.45, 7) is 1.12. The van der Waals surface area contributed by atoms with Crippen LogP contribution in [0.3, 0.4) is 0 Å². The number of rotatable bonds is 6. The van der Waals surface area contributed by atoms with Gasteiger partial charge in [-0.05, 0) is 36.6 Å². The van der Waals surface area contributed by atoms with Crippen LogP contribution in [0.5, 0.6) is 5.75 Å². The molecule has 140 valence electrons. The number of nitrogens with zero attached hydrogens (tertiary/aromatic N) is 2. The highest BCUT2D eigenvalue weighted by atomic mass is 16.5. The molecular weight excluding hydrogens is 346 g/mol. The van der Waals surface area contributed by atoms with E-state index in [1.807, 2.05) is 12.1 Å². The van der Waals surface area contributed by atoms with Gasteiger partial charge in [0, 0.05) is 19.1 Å². The number of nitriles is 1. The Morgan fingerprint density at radius 2 is 1.96 bits per heavy atom. The Bertz CT molecular complexity index is 801. The van der Waals surface area contributed by atoms with E-state index in [0.29, 0.717) is 43.7 Å². The molecule has 0 radical (unpaired) electrons. The number of carbonyl (C=O) groups excluding carboxylic acids is 2. The van der Waals surface area contributed by atoms with Gasteiger partial charge in [-0.25, -0.2) is 0 Å². The lowest BCUT2D eigenvalue weighted by atomic mass is 10.0. The quantitative estimate of drug-likeness (QED) is 0.844. The molecule has 1 aromatic heterocycles. The Morgan fingerprint density at radius 3 is 2.59 bits per heavy atom. The number of hydrogen-bond acceptors (Lipinski definition) is 5. The largest absolute Gasteiger partial charge is 0.484 e. The smallest absolute Gasteiger partial charge is 0.258 e. The molecule has 0 unspecified atom stereocenters. The normalized spacial score (nSPS) is 14.4. The van der Waals surface area contributed by atoms with Gasteiger partial charge in [0.2, 0.25) is 0 Å². The van der Waals surface area contributed by atoms with Crippen molar-refractivity contribution in [2.24, 2.45) is 0 Å². The first-order chi connectivity index (χ1) is 13.2. The fraction of sp³-hybridized carbons (Fsp3) is 0.350. The first-order valence-corrected chi connectivity index (χ1v) is 8.85. The van der Waals surface area contributed by atoms with Gasteiger partial charge in [0.25, 0.3) is 11.8 Å². The minimum atomic E-state index is -0.185. The van der Waals surface area contributed by atoms with E-state index in [1.165, 1.54) is 12.5 Å². The van der Waals surface area contributed by atoms with E-state index in [9.17, 15) is 9.59 Å². The van der Waals surface area contributed by atoms with Crippen molar-refractivity contribution < 1.29 is 18.7 Å². The van der Waals surface area contributed by atoms with Crippen LogP contribution in [0.1, 0.15) is 28.8 Å². The molecular formula is C20H21N3O4. The van der Waals surface area contributed by atoms with E-state index in [0.717, 1.165) is 5.56 Å². The Balaban J connectivity index is 1.39. The van der Waals surface area contributed by atoms with Crippen LogP contribution in [0.15, 0.2) is 47.3 Å². The number of furan rings is 1. The van der Waals surface area contributed by atoms with E-state index in [1.54, 1.807) is 23.1 Å². The second-order valence-electron chi connectivity index (χ2n) is 6.41. The Kier molecular flexibility index (Phi) is 6.10. The van der Waals surface area contributed by atoms with Crippen molar-refractivity contribution in [3.63, 3.8) is 0 Å². The predicted octanol–water partition coefficient (Wildman–Crippen LogP) is 2.15. The maximum absolute atomic E-state index is 12.3. The summed E-state index contributed by atoms with van der Waals surface area (Å²) in [7, 11) is 0. The summed E-state index contributed by atoms with van der Waals surface area (Å²) in [6.07, 6.45) is 4.69. The van der Waals surface area contributed by atoms with Crippen molar-refractivity contribution in [2.45, 2.75) is 25.3 Å².